The summed E-state index contributed by atoms with van der Waals surface area (Å²) in [4.78, 5) is 9.20. The highest BCUT2D eigenvalue weighted by Crippen LogP contribution is 2.39. The van der Waals surface area contributed by atoms with Gasteiger partial charge in [0, 0.05) is 18.5 Å². The van der Waals surface area contributed by atoms with E-state index in [1.165, 1.54) is 12.8 Å². The van der Waals surface area contributed by atoms with Crippen LogP contribution in [0.25, 0.3) is 0 Å². The second kappa shape index (κ2) is 6.39. The molecule has 0 atom stereocenters. The topological polar surface area (TPSA) is 70.1 Å². The Balaban J connectivity index is 2.25. The maximum Gasteiger partial charge on any atom is 0.136 e. The molecule has 20 heavy (non-hydrogen) atoms. The number of hydrogen-bond acceptors (Lipinski definition) is 5. The molecule has 3 N–H and O–H groups in total. The van der Waals surface area contributed by atoms with E-state index in [2.05, 4.69) is 41.4 Å². The molecule has 0 unspecified atom stereocenters. The van der Waals surface area contributed by atoms with E-state index >= 15 is 0 Å². The second-order valence-electron chi connectivity index (χ2n) is 5.57. The number of hydrogen-bond donors (Lipinski definition) is 3. The Bertz CT molecular complexity index is 433. The number of nitrogens with one attached hydrogen (secondary N) is 2. The molecular formula is C15H26N4O. The summed E-state index contributed by atoms with van der Waals surface area (Å²) in [6.07, 6.45) is 4.09. The van der Waals surface area contributed by atoms with Crippen LogP contribution in [0, 0.1) is 0 Å². The summed E-state index contributed by atoms with van der Waals surface area (Å²) >= 11 is 0. The molecule has 0 spiro atoms. The normalized spacial score (nSPS) is 15.2. The van der Waals surface area contributed by atoms with Crippen molar-refractivity contribution >= 4 is 11.6 Å². The van der Waals surface area contributed by atoms with E-state index in [0.717, 1.165) is 36.8 Å². The summed E-state index contributed by atoms with van der Waals surface area (Å²) in [5.74, 6) is 3.12. The van der Waals surface area contributed by atoms with E-state index in [1.807, 2.05) is 6.07 Å². The van der Waals surface area contributed by atoms with Gasteiger partial charge in [-0.3, -0.25) is 0 Å². The zero-order valence-electron chi connectivity index (χ0n) is 12.7. The Morgan fingerprint density at radius 1 is 1.20 bits per heavy atom. The molecule has 1 aliphatic rings. The molecule has 0 aliphatic heterocycles. The summed E-state index contributed by atoms with van der Waals surface area (Å²) in [7, 11) is 0. The fourth-order valence-corrected chi connectivity index (χ4v) is 2.29. The van der Waals surface area contributed by atoms with E-state index in [9.17, 15) is 5.11 Å². The van der Waals surface area contributed by atoms with Crippen LogP contribution in [0.15, 0.2) is 6.07 Å². The third kappa shape index (κ3) is 3.39. The van der Waals surface area contributed by atoms with Crippen molar-refractivity contribution < 1.29 is 5.11 Å². The lowest BCUT2D eigenvalue weighted by atomic mass is 9.94. The van der Waals surface area contributed by atoms with Gasteiger partial charge in [0.1, 0.15) is 17.5 Å². The van der Waals surface area contributed by atoms with Crippen molar-refractivity contribution in [1.82, 2.24) is 9.97 Å². The summed E-state index contributed by atoms with van der Waals surface area (Å²) in [5.41, 5.74) is -0.293. The standard InChI is InChI=1S/C15H26N4O/c1-4-15(5-2,10-20)19-13-9-12(16-6-3)17-14(18-13)11-7-8-11/h9,11,20H,4-8,10H2,1-3H3,(H2,16,17,18,19). The molecule has 1 aliphatic carbocycles. The van der Waals surface area contributed by atoms with Crippen LogP contribution >= 0.6 is 0 Å². The Morgan fingerprint density at radius 2 is 1.85 bits per heavy atom. The number of aliphatic hydroxyl groups excluding tert-OH is 1. The Morgan fingerprint density at radius 3 is 2.35 bits per heavy atom. The smallest absolute Gasteiger partial charge is 0.136 e. The number of nitrogens with zero attached hydrogens (tertiary/aromatic N) is 2. The molecule has 1 heterocycles. The molecular weight excluding hydrogens is 252 g/mol. The van der Waals surface area contributed by atoms with Crippen LogP contribution in [0.3, 0.4) is 0 Å². The zero-order valence-corrected chi connectivity index (χ0v) is 12.7. The highest BCUT2D eigenvalue weighted by atomic mass is 16.3. The van der Waals surface area contributed by atoms with Gasteiger partial charge in [0.05, 0.1) is 12.1 Å². The molecule has 1 aromatic rings. The van der Waals surface area contributed by atoms with Gasteiger partial charge in [-0.05, 0) is 32.6 Å². The Labute approximate surface area is 121 Å². The Kier molecular flexibility index (Phi) is 4.81. The van der Waals surface area contributed by atoms with E-state index in [0.29, 0.717) is 5.92 Å². The third-order valence-corrected chi connectivity index (χ3v) is 4.09. The van der Waals surface area contributed by atoms with Gasteiger partial charge in [0.15, 0.2) is 0 Å². The average molecular weight is 278 g/mol. The van der Waals surface area contributed by atoms with Crippen molar-refractivity contribution in [2.24, 2.45) is 0 Å². The molecule has 0 amide bonds. The Hall–Kier alpha value is -1.36. The van der Waals surface area contributed by atoms with Crippen LogP contribution in [0.5, 0.6) is 0 Å². The lowest BCUT2D eigenvalue weighted by molar-refractivity contribution is 0.202. The lowest BCUT2D eigenvalue weighted by Gasteiger charge is -2.31. The first-order valence-corrected chi connectivity index (χ1v) is 7.68. The van der Waals surface area contributed by atoms with Gasteiger partial charge in [-0.1, -0.05) is 13.8 Å². The van der Waals surface area contributed by atoms with Crippen LogP contribution in [-0.2, 0) is 0 Å². The maximum atomic E-state index is 9.68. The fraction of sp³-hybridized carbons (Fsp3) is 0.733. The zero-order chi connectivity index (χ0) is 14.6. The van der Waals surface area contributed by atoms with Crippen LogP contribution in [0.2, 0.25) is 0 Å². The van der Waals surface area contributed by atoms with Gasteiger partial charge >= 0.3 is 0 Å². The van der Waals surface area contributed by atoms with E-state index in [-0.39, 0.29) is 12.1 Å². The fourth-order valence-electron chi connectivity index (χ4n) is 2.29. The summed E-state index contributed by atoms with van der Waals surface area (Å²) in [6.45, 7) is 7.18. The van der Waals surface area contributed by atoms with Crippen LogP contribution < -0.4 is 10.6 Å². The summed E-state index contributed by atoms with van der Waals surface area (Å²) in [6, 6.07) is 1.94. The van der Waals surface area contributed by atoms with E-state index in [1.54, 1.807) is 0 Å². The van der Waals surface area contributed by atoms with Gasteiger partial charge < -0.3 is 15.7 Å². The molecule has 1 aromatic heterocycles. The number of aliphatic hydroxyl groups is 1. The van der Waals surface area contributed by atoms with Crippen molar-refractivity contribution in [2.75, 3.05) is 23.8 Å². The summed E-state index contributed by atoms with van der Waals surface area (Å²) in [5, 5.41) is 16.4. The lowest BCUT2D eigenvalue weighted by Crippen LogP contribution is -2.41. The molecule has 1 fully saturated rings. The van der Waals surface area contributed by atoms with Gasteiger partial charge in [-0.25, -0.2) is 9.97 Å². The SMILES string of the molecule is CCNc1cc(NC(CC)(CC)CO)nc(C2CC2)n1. The largest absolute Gasteiger partial charge is 0.394 e. The number of anilines is 2. The molecule has 2 rings (SSSR count). The van der Waals surface area contributed by atoms with Crippen molar-refractivity contribution in [3.63, 3.8) is 0 Å². The monoisotopic (exact) mass is 278 g/mol. The number of rotatable bonds is 8. The number of aromatic nitrogens is 2. The van der Waals surface area contributed by atoms with Crippen LogP contribution in [0.4, 0.5) is 11.6 Å². The van der Waals surface area contributed by atoms with E-state index < -0.39 is 0 Å². The van der Waals surface area contributed by atoms with Crippen molar-refractivity contribution in [2.45, 2.75) is 57.9 Å². The molecule has 1 saturated carbocycles. The first kappa shape index (κ1) is 15.0. The predicted molar refractivity (Wildman–Crippen MR) is 82.2 cm³/mol. The highest BCUT2D eigenvalue weighted by molar-refractivity contribution is 5.49. The van der Waals surface area contributed by atoms with Crippen LogP contribution in [0.1, 0.15) is 58.2 Å². The maximum absolute atomic E-state index is 9.68. The first-order chi connectivity index (χ1) is 9.66. The second-order valence-corrected chi connectivity index (χ2v) is 5.57. The molecule has 112 valence electrons. The highest BCUT2D eigenvalue weighted by Gasteiger charge is 2.29. The van der Waals surface area contributed by atoms with Crippen molar-refractivity contribution in [3.05, 3.63) is 11.9 Å². The molecule has 0 aromatic carbocycles. The first-order valence-electron chi connectivity index (χ1n) is 7.68. The minimum absolute atomic E-state index is 0.110. The average Bonchev–Trinajstić information content (AvgIpc) is 3.30. The van der Waals surface area contributed by atoms with E-state index in [4.69, 9.17) is 0 Å². The van der Waals surface area contributed by atoms with Crippen molar-refractivity contribution in [3.8, 4) is 0 Å². The summed E-state index contributed by atoms with van der Waals surface area (Å²) < 4.78 is 0. The van der Waals surface area contributed by atoms with Crippen LogP contribution in [-0.4, -0.2) is 33.8 Å². The predicted octanol–water partition coefficient (Wildman–Crippen LogP) is 2.75. The van der Waals surface area contributed by atoms with Gasteiger partial charge in [0.25, 0.3) is 0 Å². The molecule has 0 radical (unpaired) electrons. The third-order valence-electron chi connectivity index (χ3n) is 4.09. The molecule has 5 heteroatoms. The molecule has 0 bridgehead atoms. The quantitative estimate of drug-likeness (QED) is 0.682. The van der Waals surface area contributed by atoms with Crippen molar-refractivity contribution in [1.29, 1.82) is 0 Å². The van der Waals surface area contributed by atoms with Gasteiger partial charge in [-0.2, -0.15) is 0 Å². The minimum Gasteiger partial charge on any atom is -0.394 e. The molecule has 5 nitrogen and oxygen atoms in total. The van der Waals surface area contributed by atoms with Gasteiger partial charge in [-0.15, -0.1) is 0 Å². The van der Waals surface area contributed by atoms with Gasteiger partial charge in [0.2, 0.25) is 0 Å². The minimum atomic E-state index is -0.293. The molecule has 0 saturated heterocycles.